The number of benzene rings is 1. The molecule has 0 heterocycles. The summed E-state index contributed by atoms with van der Waals surface area (Å²) in [7, 11) is 0. The van der Waals surface area contributed by atoms with Crippen LogP contribution in [0.1, 0.15) is 50.7 Å². The molecule has 3 nitrogen and oxygen atoms in total. The Morgan fingerprint density at radius 1 is 1.33 bits per heavy atom. The molecule has 0 amide bonds. The second kappa shape index (κ2) is 4.69. The minimum absolute atomic E-state index is 0.127. The minimum atomic E-state index is -0.558. The molecule has 0 saturated heterocycles. The Morgan fingerprint density at radius 2 is 2.10 bits per heavy atom. The van der Waals surface area contributed by atoms with Crippen LogP contribution in [0, 0.1) is 11.3 Å². The van der Waals surface area contributed by atoms with Gasteiger partial charge in [-0.3, -0.25) is 9.59 Å². The van der Waals surface area contributed by atoms with Crippen LogP contribution in [0.25, 0.3) is 0 Å². The number of phenols is 1. The van der Waals surface area contributed by atoms with Crippen LogP contribution in [-0.4, -0.2) is 17.2 Å². The average molecular weight is 286 g/mol. The van der Waals surface area contributed by atoms with E-state index in [4.69, 9.17) is 0 Å². The van der Waals surface area contributed by atoms with Crippen LogP contribution in [0.5, 0.6) is 5.75 Å². The van der Waals surface area contributed by atoms with Crippen molar-refractivity contribution in [1.29, 1.82) is 0 Å². The fraction of sp³-hybridized carbons (Fsp3) is 0.556. The highest BCUT2D eigenvalue weighted by Gasteiger charge is 2.54. The van der Waals surface area contributed by atoms with E-state index < -0.39 is 5.41 Å². The van der Waals surface area contributed by atoms with Gasteiger partial charge in [0, 0.05) is 5.41 Å². The van der Waals surface area contributed by atoms with Crippen LogP contribution in [0.2, 0.25) is 0 Å². The lowest BCUT2D eigenvalue weighted by Crippen LogP contribution is -2.52. The van der Waals surface area contributed by atoms with Gasteiger partial charge in [0.05, 0.1) is 0 Å². The van der Waals surface area contributed by atoms with Crippen LogP contribution in [0.3, 0.4) is 0 Å². The first-order chi connectivity index (χ1) is 9.91. The van der Waals surface area contributed by atoms with Gasteiger partial charge in [0.25, 0.3) is 0 Å². The van der Waals surface area contributed by atoms with Crippen LogP contribution < -0.4 is 0 Å². The molecule has 2 unspecified atom stereocenters. The van der Waals surface area contributed by atoms with Gasteiger partial charge in [0.15, 0.2) is 6.29 Å². The van der Waals surface area contributed by atoms with Gasteiger partial charge in [-0.1, -0.05) is 26.3 Å². The zero-order valence-electron chi connectivity index (χ0n) is 12.7. The monoisotopic (exact) mass is 286 g/mol. The molecule has 0 bridgehead atoms. The molecule has 3 atom stereocenters. The molecule has 3 heteroatoms. The Kier molecular flexibility index (Phi) is 3.19. The molecule has 1 saturated carbocycles. The first kappa shape index (κ1) is 14.3. The van der Waals surface area contributed by atoms with Crippen LogP contribution in [-0.2, 0) is 21.4 Å². The fourth-order valence-electron chi connectivity index (χ4n) is 4.88. The first-order valence-corrected chi connectivity index (χ1v) is 7.74. The third kappa shape index (κ3) is 1.94. The van der Waals surface area contributed by atoms with E-state index in [-0.39, 0.29) is 22.9 Å². The number of phenolic OH excluding ortho intramolecular Hbond substituents is 1. The predicted molar refractivity (Wildman–Crippen MR) is 80.3 cm³/mol. The largest absolute Gasteiger partial charge is 0.508 e. The molecular weight excluding hydrogens is 264 g/mol. The summed E-state index contributed by atoms with van der Waals surface area (Å²) in [5.74, 6) is 0.192. The Hall–Kier alpha value is -1.64. The van der Waals surface area contributed by atoms with Crippen molar-refractivity contribution in [3.63, 3.8) is 0 Å². The van der Waals surface area contributed by atoms with Crippen LogP contribution >= 0.6 is 0 Å². The number of ketones is 1. The van der Waals surface area contributed by atoms with Gasteiger partial charge < -0.3 is 5.11 Å². The summed E-state index contributed by atoms with van der Waals surface area (Å²) in [4.78, 5) is 23.3. The second-order valence-corrected chi connectivity index (χ2v) is 7.10. The smallest absolute Gasteiger partial charge is 0.201 e. The van der Waals surface area contributed by atoms with Crippen molar-refractivity contribution < 1.29 is 14.7 Å². The molecule has 0 aliphatic heterocycles. The van der Waals surface area contributed by atoms with E-state index in [0.29, 0.717) is 6.29 Å². The van der Waals surface area contributed by atoms with Gasteiger partial charge in [-0.15, -0.1) is 0 Å². The summed E-state index contributed by atoms with van der Waals surface area (Å²) >= 11 is 0. The lowest BCUT2D eigenvalue weighted by molar-refractivity contribution is -0.142. The highest BCUT2D eigenvalue weighted by atomic mass is 16.3. The topological polar surface area (TPSA) is 54.4 Å². The highest BCUT2D eigenvalue weighted by Crippen LogP contribution is 2.57. The lowest BCUT2D eigenvalue weighted by Gasteiger charge is -2.54. The number of aromatic hydroxyl groups is 1. The maximum absolute atomic E-state index is 12.2. The molecule has 1 N–H and O–H groups in total. The lowest BCUT2D eigenvalue weighted by atomic mass is 9.49. The Labute approximate surface area is 125 Å². The van der Waals surface area contributed by atoms with Crippen molar-refractivity contribution in [2.45, 2.75) is 51.4 Å². The predicted octanol–water partition coefficient (Wildman–Crippen LogP) is 3.17. The van der Waals surface area contributed by atoms with Crippen molar-refractivity contribution in [3.8, 4) is 5.75 Å². The summed E-state index contributed by atoms with van der Waals surface area (Å²) in [6.07, 6.45) is 5.10. The van der Waals surface area contributed by atoms with E-state index in [0.717, 1.165) is 32.1 Å². The van der Waals surface area contributed by atoms with E-state index >= 15 is 0 Å². The second-order valence-electron chi connectivity index (χ2n) is 7.10. The number of aryl methyl sites for hydroxylation is 1. The van der Waals surface area contributed by atoms with Gasteiger partial charge in [0.1, 0.15) is 5.75 Å². The van der Waals surface area contributed by atoms with Crippen molar-refractivity contribution in [3.05, 3.63) is 29.3 Å². The summed E-state index contributed by atoms with van der Waals surface area (Å²) in [6, 6.07) is 5.60. The zero-order chi connectivity index (χ0) is 15.3. The summed E-state index contributed by atoms with van der Waals surface area (Å²) in [6.45, 7) is 4.16. The number of carbonyl (C=O) groups excluding carboxylic acids is 2. The molecule has 0 spiro atoms. The molecule has 0 aromatic heterocycles. The normalized spacial score (nSPS) is 34.7. The molecule has 3 rings (SSSR count). The maximum atomic E-state index is 12.2. The van der Waals surface area contributed by atoms with Gasteiger partial charge in [-0.2, -0.15) is 0 Å². The zero-order valence-corrected chi connectivity index (χ0v) is 12.7. The third-order valence-corrected chi connectivity index (χ3v) is 6.01. The summed E-state index contributed by atoms with van der Waals surface area (Å²) in [5.41, 5.74) is 1.76. The van der Waals surface area contributed by atoms with E-state index in [1.165, 1.54) is 11.1 Å². The number of aldehydes is 1. The quantitative estimate of drug-likeness (QED) is 0.671. The van der Waals surface area contributed by atoms with Crippen molar-refractivity contribution in [2.75, 3.05) is 0 Å². The Bertz CT molecular complexity index is 606. The number of fused-ring (bicyclic) bond motifs is 3. The Balaban J connectivity index is 2.12. The average Bonchev–Trinajstić information content (AvgIpc) is 2.46. The maximum Gasteiger partial charge on any atom is 0.201 e. The number of hydrogen-bond donors (Lipinski definition) is 1. The summed E-state index contributed by atoms with van der Waals surface area (Å²) < 4.78 is 0. The SMILES string of the molecule is CC12CCC[C@](C)(C(=O)C=O)C1CCc1ccc(O)cc12. The number of carbonyl (C=O) groups is 2. The van der Waals surface area contributed by atoms with Crippen LogP contribution in [0.15, 0.2) is 18.2 Å². The molecule has 2 aliphatic carbocycles. The molecule has 112 valence electrons. The number of Topliss-reactive ketones (excluding diaryl/α,β-unsaturated/α-hetero) is 1. The van der Waals surface area contributed by atoms with E-state index in [1.54, 1.807) is 6.07 Å². The van der Waals surface area contributed by atoms with Gasteiger partial charge in [-0.05, 0) is 60.3 Å². The van der Waals surface area contributed by atoms with Crippen molar-refractivity contribution in [1.82, 2.24) is 0 Å². The molecule has 21 heavy (non-hydrogen) atoms. The fourth-order valence-corrected chi connectivity index (χ4v) is 4.88. The molecule has 1 aromatic carbocycles. The van der Waals surface area contributed by atoms with E-state index in [2.05, 4.69) is 6.92 Å². The van der Waals surface area contributed by atoms with Gasteiger partial charge in [-0.25, -0.2) is 0 Å². The number of hydrogen-bond acceptors (Lipinski definition) is 3. The Morgan fingerprint density at radius 3 is 2.81 bits per heavy atom. The van der Waals surface area contributed by atoms with Crippen molar-refractivity contribution >= 4 is 12.1 Å². The molecule has 0 radical (unpaired) electrons. The van der Waals surface area contributed by atoms with Gasteiger partial charge >= 0.3 is 0 Å². The first-order valence-electron chi connectivity index (χ1n) is 7.74. The van der Waals surface area contributed by atoms with Gasteiger partial charge in [0.2, 0.25) is 5.78 Å². The van der Waals surface area contributed by atoms with Crippen molar-refractivity contribution in [2.24, 2.45) is 11.3 Å². The highest BCUT2D eigenvalue weighted by molar-refractivity contribution is 6.27. The third-order valence-electron chi connectivity index (χ3n) is 6.01. The minimum Gasteiger partial charge on any atom is -0.508 e. The molecule has 2 aliphatic rings. The molecular formula is C18H22O3. The summed E-state index contributed by atoms with van der Waals surface area (Å²) in [5, 5.41) is 9.86. The van der Waals surface area contributed by atoms with E-state index in [9.17, 15) is 14.7 Å². The standard InChI is InChI=1S/C18H22O3/c1-17-8-3-9-18(2,16(21)11-19)15(17)7-5-12-4-6-13(20)10-14(12)17/h4,6,10-11,15,20H,3,5,7-9H2,1-2H3/t15?,17?,18-/m0/s1. The van der Waals surface area contributed by atoms with E-state index in [1.807, 2.05) is 19.1 Å². The molecule has 1 aromatic rings. The molecule has 1 fully saturated rings. The van der Waals surface area contributed by atoms with Crippen LogP contribution in [0.4, 0.5) is 0 Å². The number of rotatable bonds is 2.